The van der Waals surface area contributed by atoms with Crippen molar-refractivity contribution in [3.05, 3.63) is 45.8 Å². The molecule has 3 heteroatoms. The van der Waals surface area contributed by atoms with Crippen molar-refractivity contribution in [1.29, 1.82) is 0 Å². The van der Waals surface area contributed by atoms with E-state index in [2.05, 4.69) is 36.5 Å². The summed E-state index contributed by atoms with van der Waals surface area (Å²) in [5.74, 6) is 0. The molecule has 1 N–H and O–H groups in total. The van der Waals surface area contributed by atoms with E-state index in [1.165, 1.54) is 33.7 Å². The number of rotatable bonds is 4. The van der Waals surface area contributed by atoms with Crippen LogP contribution in [0.5, 0.6) is 0 Å². The molecule has 1 aliphatic rings. The van der Waals surface area contributed by atoms with Gasteiger partial charge < -0.3 is 5.32 Å². The van der Waals surface area contributed by atoms with Crippen LogP contribution >= 0.6 is 22.9 Å². The minimum absolute atomic E-state index is 0.767. The summed E-state index contributed by atoms with van der Waals surface area (Å²) in [6, 6.07) is 11.3. The highest BCUT2D eigenvalue weighted by Gasteiger charge is 2.20. The molecule has 1 heterocycles. The van der Waals surface area contributed by atoms with E-state index in [1.807, 2.05) is 17.4 Å². The maximum absolute atomic E-state index is 6.08. The third-order valence-corrected chi connectivity index (χ3v) is 4.62. The number of nitrogens with one attached hydrogen (secondary N) is 1. The molecule has 2 aromatic rings. The Morgan fingerprint density at radius 3 is 2.89 bits per heavy atom. The first-order chi connectivity index (χ1) is 8.72. The minimum atomic E-state index is 0.767. The SMILES string of the molecule is Cc1ccc(Cl)cc1-c1ccc(CNC2CC2)s1. The third kappa shape index (κ3) is 2.77. The maximum Gasteiger partial charge on any atom is 0.0412 e. The molecule has 0 bridgehead atoms. The van der Waals surface area contributed by atoms with Gasteiger partial charge >= 0.3 is 0 Å². The maximum atomic E-state index is 6.08. The summed E-state index contributed by atoms with van der Waals surface area (Å²) in [5.41, 5.74) is 2.54. The molecule has 0 amide bonds. The van der Waals surface area contributed by atoms with Crippen LogP contribution in [0.3, 0.4) is 0 Å². The summed E-state index contributed by atoms with van der Waals surface area (Å²) < 4.78 is 0. The number of aryl methyl sites for hydroxylation is 1. The Morgan fingerprint density at radius 2 is 2.11 bits per heavy atom. The van der Waals surface area contributed by atoms with E-state index >= 15 is 0 Å². The lowest BCUT2D eigenvalue weighted by atomic mass is 10.1. The zero-order chi connectivity index (χ0) is 12.5. The zero-order valence-electron chi connectivity index (χ0n) is 10.4. The van der Waals surface area contributed by atoms with Gasteiger partial charge in [-0.15, -0.1) is 11.3 Å². The quantitative estimate of drug-likeness (QED) is 0.859. The largest absolute Gasteiger partial charge is 0.309 e. The van der Waals surface area contributed by atoms with E-state index in [4.69, 9.17) is 11.6 Å². The lowest BCUT2D eigenvalue weighted by Gasteiger charge is -2.03. The van der Waals surface area contributed by atoms with Crippen molar-refractivity contribution in [2.75, 3.05) is 0 Å². The molecule has 1 aromatic heterocycles. The molecule has 1 saturated carbocycles. The number of benzene rings is 1. The molecule has 0 aliphatic heterocycles. The topological polar surface area (TPSA) is 12.0 Å². The van der Waals surface area contributed by atoms with Crippen LogP contribution in [0.15, 0.2) is 30.3 Å². The van der Waals surface area contributed by atoms with Crippen molar-refractivity contribution >= 4 is 22.9 Å². The van der Waals surface area contributed by atoms with Gasteiger partial charge in [0.2, 0.25) is 0 Å². The highest BCUT2D eigenvalue weighted by Crippen LogP contribution is 2.32. The Bertz CT molecular complexity index is 557. The molecule has 18 heavy (non-hydrogen) atoms. The van der Waals surface area contributed by atoms with Crippen LogP contribution in [0.1, 0.15) is 23.3 Å². The molecule has 1 aliphatic carbocycles. The van der Waals surface area contributed by atoms with Gasteiger partial charge in [0.15, 0.2) is 0 Å². The van der Waals surface area contributed by atoms with Crippen LogP contribution in [-0.4, -0.2) is 6.04 Å². The first-order valence-corrected chi connectivity index (χ1v) is 7.50. The van der Waals surface area contributed by atoms with E-state index in [0.29, 0.717) is 0 Å². The molecule has 1 nitrogen and oxygen atoms in total. The Hall–Kier alpha value is -0.830. The number of hydrogen-bond donors (Lipinski definition) is 1. The Balaban J connectivity index is 1.80. The van der Waals surface area contributed by atoms with Crippen LogP contribution < -0.4 is 5.32 Å². The lowest BCUT2D eigenvalue weighted by Crippen LogP contribution is -2.14. The molecule has 94 valence electrons. The van der Waals surface area contributed by atoms with Gasteiger partial charge in [0.25, 0.3) is 0 Å². The minimum Gasteiger partial charge on any atom is -0.309 e. The molecule has 0 saturated heterocycles. The van der Waals surface area contributed by atoms with Gasteiger partial charge in [-0.25, -0.2) is 0 Å². The van der Waals surface area contributed by atoms with Gasteiger partial charge in [0, 0.05) is 27.4 Å². The smallest absolute Gasteiger partial charge is 0.0412 e. The van der Waals surface area contributed by atoms with Crippen molar-refractivity contribution in [3.8, 4) is 10.4 Å². The van der Waals surface area contributed by atoms with Gasteiger partial charge in [-0.3, -0.25) is 0 Å². The van der Waals surface area contributed by atoms with Gasteiger partial charge in [0.1, 0.15) is 0 Å². The number of halogens is 1. The molecule has 0 atom stereocenters. The van der Waals surface area contributed by atoms with Gasteiger partial charge in [-0.1, -0.05) is 17.7 Å². The van der Waals surface area contributed by atoms with E-state index in [-0.39, 0.29) is 0 Å². The summed E-state index contributed by atoms with van der Waals surface area (Å²) in [6.07, 6.45) is 2.68. The zero-order valence-corrected chi connectivity index (χ0v) is 11.9. The first kappa shape index (κ1) is 12.2. The van der Waals surface area contributed by atoms with Crippen LogP contribution in [0, 0.1) is 6.92 Å². The van der Waals surface area contributed by atoms with Crippen molar-refractivity contribution in [2.24, 2.45) is 0 Å². The monoisotopic (exact) mass is 277 g/mol. The van der Waals surface area contributed by atoms with Crippen LogP contribution in [0.4, 0.5) is 0 Å². The molecule has 0 spiro atoms. The normalized spacial score (nSPS) is 15.0. The predicted molar refractivity (Wildman–Crippen MR) is 79.4 cm³/mol. The Labute approximate surface area is 117 Å². The molecule has 1 aromatic carbocycles. The van der Waals surface area contributed by atoms with Crippen molar-refractivity contribution in [2.45, 2.75) is 32.4 Å². The average molecular weight is 278 g/mol. The first-order valence-electron chi connectivity index (χ1n) is 6.31. The summed E-state index contributed by atoms with van der Waals surface area (Å²) in [6.45, 7) is 3.13. The van der Waals surface area contributed by atoms with Gasteiger partial charge in [0.05, 0.1) is 0 Å². The third-order valence-electron chi connectivity index (χ3n) is 3.27. The molecule has 3 rings (SSSR count). The molecule has 0 unspecified atom stereocenters. The summed E-state index contributed by atoms with van der Waals surface area (Å²) in [4.78, 5) is 2.71. The molecule has 0 radical (unpaired) electrons. The number of thiophene rings is 1. The van der Waals surface area contributed by atoms with Gasteiger partial charge in [-0.05, 0) is 55.2 Å². The highest BCUT2D eigenvalue weighted by atomic mass is 35.5. The standard InChI is InChI=1S/C15H16ClNS/c1-10-2-3-11(16)8-14(10)15-7-6-13(18-15)9-17-12-4-5-12/h2-3,6-8,12,17H,4-5,9H2,1H3. The lowest BCUT2D eigenvalue weighted by molar-refractivity contribution is 0.695. The second-order valence-corrected chi connectivity index (χ2v) is 6.49. The van der Waals surface area contributed by atoms with Crippen LogP contribution in [0.25, 0.3) is 10.4 Å². The van der Waals surface area contributed by atoms with Crippen molar-refractivity contribution in [1.82, 2.24) is 5.32 Å². The van der Waals surface area contributed by atoms with E-state index in [0.717, 1.165) is 17.6 Å². The fraction of sp³-hybridized carbons (Fsp3) is 0.333. The predicted octanol–water partition coefficient (Wildman–Crippen LogP) is 4.63. The van der Waals surface area contributed by atoms with E-state index < -0.39 is 0 Å². The van der Waals surface area contributed by atoms with E-state index in [1.54, 1.807) is 0 Å². The van der Waals surface area contributed by atoms with Gasteiger partial charge in [-0.2, -0.15) is 0 Å². The Kier molecular flexibility index (Phi) is 3.42. The number of hydrogen-bond acceptors (Lipinski definition) is 2. The summed E-state index contributed by atoms with van der Waals surface area (Å²) in [7, 11) is 0. The molecular formula is C15H16ClNS. The fourth-order valence-electron chi connectivity index (χ4n) is 2.01. The van der Waals surface area contributed by atoms with Crippen molar-refractivity contribution < 1.29 is 0 Å². The second-order valence-electron chi connectivity index (χ2n) is 4.88. The molecule has 1 fully saturated rings. The van der Waals surface area contributed by atoms with E-state index in [9.17, 15) is 0 Å². The second kappa shape index (κ2) is 5.04. The summed E-state index contributed by atoms with van der Waals surface area (Å²) >= 11 is 7.93. The molecular weight excluding hydrogens is 262 g/mol. The van der Waals surface area contributed by atoms with Crippen molar-refractivity contribution in [3.63, 3.8) is 0 Å². The summed E-state index contributed by atoms with van der Waals surface area (Å²) in [5, 5.41) is 4.36. The van der Waals surface area contributed by atoms with Crippen LogP contribution in [-0.2, 0) is 6.54 Å². The Morgan fingerprint density at radius 1 is 1.28 bits per heavy atom. The van der Waals surface area contributed by atoms with Crippen LogP contribution in [0.2, 0.25) is 5.02 Å². The fourth-order valence-corrected chi connectivity index (χ4v) is 3.22. The highest BCUT2D eigenvalue weighted by molar-refractivity contribution is 7.15. The average Bonchev–Trinajstić information content (AvgIpc) is 3.08.